The number of fused-ring (bicyclic) bond motifs is 1. The van der Waals surface area contributed by atoms with E-state index < -0.39 is 0 Å². The second-order valence-corrected chi connectivity index (χ2v) is 6.18. The third-order valence-corrected chi connectivity index (χ3v) is 4.60. The van der Waals surface area contributed by atoms with E-state index in [0.717, 1.165) is 49.7 Å². The smallest absolute Gasteiger partial charge is 0.134 e. The summed E-state index contributed by atoms with van der Waals surface area (Å²) in [6.07, 6.45) is 1.86. The van der Waals surface area contributed by atoms with Crippen LogP contribution in [0.4, 0.5) is 5.82 Å². The van der Waals surface area contributed by atoms with Crippen LogP contribution in [-0.2, 0) is 4.74 Å². The monoisotopic (exact) mass is 349 g/mol. The molecule has 1 aliphatic heterocycles. The first-order chi connectivity index (χ1) is 10.3. The highest BCUT2D eigenvalue weighted by Crippen LogP contribution is 2.30. The van der Waals surface area contributed by atoms with Gasteiger partial charge in [-0.05, 0) is 24.6 Å². The Hall–Kier alpha value is -1.17. The van der Waals surface area contributed by atoms with Gasteiger partial charge in [0.1, 0.15) is 5.82 Å². The molecule has 3 rings (SSSR count). The first kappa shape index (κ1) is 14.8. The molecule has 2 heterocycles. The number of halogens is 1. The predicted octanol–water partition coefficient (Wildman–Crippen LogP) is 3.05. The van der Waals surface area contributed by atoms with Gasteiger partial charge >= 0.3 is 0 Å². The van der Waals surface area contributed by atoms with Crippen LogP contribution in [0.15, 0.2) is 28.9 Å². The van der Waals surface area contributed by atoms with Gasteiger partial charge in [-0.2, -0.15) is 0 Å². The number of hydrogen-bond acceptors (Lipinski definition) is 4. The first-order valence-corrected chi connectivity index (χ1v) is 8.13. The van der Waals surface area contributed by atoms with Gasteiger partial charge in [0.05, 0.1) is 13.2 Å². The Morgan fingerprint density at radius 1 is 1.29 bits per heavy atom. The van der Waals surface area contributed by atoms with Crippen molar-refractivity contribution < 1.29 is 4.74 Å². The molecule has 2 aromatic rings. The average molecular weight is 350 g/mol. The molecule has 1 saturated heterocycles. The van der Waals surface area contributed by atoms with Crippen LogP contribution in [0.5, 0.6) is 0 Å². The summed E-state index contributed by atoms with van der Waals surface area (Å²) < 4.78 is 6.48. The number of ether oxygens (including phenoxy) is 1. The van der Waals surface area contributed by atoms with Crippen LogP contribution in [0.25, 0.3) is 10.8 Å². The zero-order valence-corrected chi connectivity index (χ0v) is 13.8. The molecule has 0 bridgehead atoms. The maximum atomic E-state index is 5.37. The lowest BCUT2D eigenvalue weighted by Crippen LogP contribution is -2.39. The lowest BCUT2D eigenvalue weighted by atomic mass is 10.1. The van der Waals surface area contributed by atoms with E-state index in [-0.39, 0.29) is 0 Å². The van der Waals surface area contributed by atoms with Gasteiger partial charge in [0.15, 0.2) is 0 Å². The molecule has 0 atom stereocenters. The zero-order valence-electron chi connectivity index (χ0n) is 12.2. The van der Waals surface area contributed by atoms with E-state index in [1.54, 1.807) is 0 Å². The number of nitrogens with one attached hydrogen (secondary N) is 1. The Morgan fingerprint density at radius 3 is 2.90 bits per heavy atom. The minimum Gasteiger partial charge on any atom is -0.379 e. The Kier molecular flexibility index (Phi) is 4.73. The summed E-state index contributed by atoms with van der Waals surface area (Å²) in [4.78, 5) is 6.94. The maximum absolute atomic E-state index is 5.37. The number of morpholine rings is 1. The summed E-state index contributed by atoms with van der Waals surface area (Å²) >= 11 is 3.62. The van der Waals surface area contributed by atoms with Gasteiger partial charge < -0.3 is 10.1 Å². The Balaban J connectivity index is 1.73. The van der Waals surface area contributed by atoms with Crippen molar-refractivity contribution in [2.24, 2.45) is 0 Å². The highest BCUT2D eigenvalue weighted by Gasteiger charge is 2.11. The van der Waals surface area contributed by atoms with Gasteiger partial charge in [0.25, 0.3) is 0 Å². The number of pyridine rings is 1. The number of aryl methyl sites for hydroxylation is 1. The van der Waals surface area contributed by atoms with Gasteiger partial charge in [-0.25, -0.2) is 4.98 Å². The second-order valence-electron chi connectivity index (χ2n) is 5.33. The fourth-order valence-corrected chi connectivity index (χ4v) is 3.19. The van der Waals surface area contributed by atoms with Crippen molar-refractivity contribution in [2.75, 3.05) is 44.7 Å². The standard InChI is InChI=1S/C16H20BrN3O/c1-12-2-3-14(17)13-4-5-18-16(15(12)13)19-6-7-20-8-10-21-11-9-20/h2-5H,6-11H2,1H3,(H,18,19). The molecule has 0 radical (unpaired) electrons. The molecule has 1 aromatic heterocycles. The number of hydrogen-bond donors (Lipinski definition) is 1. The molecule has 0 unspecified atom stereocenters. The zero-order chi connectivity index (χ0) is 14.7. The molecular weight excluding hydrogens is 330 g/mol. The number of nitrogens with zero attached hydrogens (tertiary/aromatic N) is 2. The largest absolute Gasteiger partial charge is 0.379 e. The summed E-state index contributed by atoms with van der Waals surface area (Å²) in [5.41, 5.74) is 1.25. The maximum Gasteiger partial charge on any atom is 0.134 e. The van der Waals surface area contributed by atoms with Crippen molar-refractivity contribution in [3.63, 3.8) is 0 Å². The number of anilines is 1. The van der Waals surface area contributed by atoms with Crippen molar-refractivity contribution >= 4 is 32.5 Å². The first-order valence-electron chi connectivity index (χ1n) is 7.33. The SMILES string of the molecule is Cc1ccc(Br)c2ccnc(NCCN3CCOCC3)c12. The quantitative estimate of drug-likeness (QED) is 0.920. The molecule has 0 aliphatic carbocycles. The van der Waals surface area contributed by atoms with Gasteiger partial charge in [-0.15, -0.1) is 0 Å². The van der Waals surface area contributed by atoms with Crippen molar-refractivity contribution in [1.82, 2.24) is 9.88 Å². The van der Waals surface area contributed by atoms with E-state index in [4.69, 9.17) is 4.74 Å². The van der Waals surface area contributed by atoms with Crippen LogP contribution in [0, 0.1) is 6.92 Å². The highest BCUT2D eigenvalue weighted by atomic mass is 79.9. The lowest BCUT2D eigenvalue weighted by Gasteiger charge is -2.26. The molecule has 5 heteroatoms. The van der Waals surface area contributed by atoms with Crippen LogP contribution < -0.4 is 5.32 Å². The molecular formula is C16H20BrN3O. The topological polar surface area (TPSA) is 37.4 Å². The summed E-state index contributed by atoms with van der Waals surface area (Å²) in [5.74, 6) is 0.972. The number of rotatable bonds is 4. The summed E-state index contributed by atoms with van der Waals surface area (Å²) in [6.45, 7) is 7.79. The van der Waals surface area contributed by atoms with Gasteiger partial charge in [-0.3, -0.25) is 4.90 Å². The molecule has 4 nitrogen and oxygen atoms in total. The van der Waals surface area contributed by atoms with Crippen LogP contribution in [0.3, 0.4) is 0 Å². The third kappa shape index (κ3) is 3.36. The third-order valence-electron chi connectivity index (χ3n) is 3.91. The van der Waals surface area contributed by atoms with E-state index in [2.05, 4.69) is 56.3 Å². The van der Waals surface area contributed by atoms with Gasteiger partial charge in [0.2, 0.25) is 0 Å². The minimum absolute atomic E-state index is 0.846. The molecule has 1 N–H and O–H groups in total. The Morgan fingerprint density at radius 2 is 2.10 bits per heavy atom. The molecule has 1 aromatic carbocycles. The number of benzene rings is 1. The minimum atomic E-state index is 0.846. The van der Waals surface area contributed by atoms with Crippen molar-refractivity contribution in [3.8, 4) is 0 Å². The Labute approximate surface area is 133 Å². The predicted molar refractivity (Wildman–Crippen MR) is 89.9 cm³/mol. The highest BCUT2D eigenvalue weighted by molar-refractivity contribution is 9.10. The Bertz CT molecular complexity index is 626. The van der Waals surface area contributed by atoms with E-state index in [1.165, 1.54) is 16.3 Å². The van der Waals surface area contributed by atoms with Crippen LogP contribution in [0.1, 0.15) is 5.56 Å². The average Bonchev–Trinajstić information content (AvgIpc) is 2.52. The van der Waals surface area contributed by atoms with Gasteiger partial charge in [0, 0.05) is 47.6 Å². The fourth-order valence-electron chi connectivity index (χ4n) is 2.72. The van der Waals surface area contributed by atoms with Crippen molar-refractivity contribution in [2.45, 2.75) is 6.92 Å². The van der Waals surface area contributed by atoms with Crippen LogP contribution in [-0.4, -0.2) is 49.3 Å². The van der Waals surface area contributed by atoms with E-state index in [9.17, 15) is 0 Å². The molecule has 112 valence electrons. The molecule has 0 saturated carbocycles. The van der Waals surface area contributed by atoms with Crippen molar-refractivity contribution in [3.05, 3.63) is 34.4 Å². The van der Waals surface area contributed by atoms with Gasteiger partial charge in [-0.1, -0.05) is 22.0 Å². The fraction of sp³-hybridized carbons (Fsp3) is 0.438. The van der Waals surface area contributed by atoms with Crippen molar-refractivity contribution in [1.29, 1.82) is 0 Å². The second kappa shape index (κ2) is 6.73. The normalized spacial score (nSPS) is 16.3. The molecule has 21 heavy (non-hydrogen) atoms. The molecule has 1 fully saturated rings. The van der Waals surface area contributed by atoms with Crippen LogP contribution >= 0.6 is 15.9 Å². The van der Waals surface area contributed by atoms with E-state index in [0.29, 0.717) is 0 Å². The molecule has 0 spiro atoms. The van der Waals surface area contributed by atoms with Crippen LogP contribution in [0.2, 0.25) is 0 Å². The summed E-state index contributed by atoms with van der Waals surface area (Å²) in [6, 6.07) is 6.27. The number of aromatic nitrogens is 1. The molecule has 1 aliphatic rings. The lowest BCUT2D eigenvalue weighted by molar-refractivity contribution is 0.0398. The van der Waals surface area contributed by atoms with E-state index >= 15 is 0 Å². The summed E-state index contributed by atoms with van der Waals surface area (Å²) in [7, 11) is 0. The van der Waals surface area contributed by atoms with E-state index in [1.807, 2.05) is 6.20 Å². The summed E-state index contributed by atoms with van der Waals surface area (Å²) in [5, 5.41) is 5.90. The molecule has 0 amide bonds.